The molecule has 0 radical (unpaired) electrons. The number of hydrogen-bond acceptors (Lipinski definition) is 13. The largest absolute Gasteiger partial charge is 0.455 e. The van der Waals surface area contributed by atoms with Gasteiger partial charge < -0.3 is 34.2 Å². The first kappa shape index (κ1) is 81.0. The third-order valence-corrected chi connectivity index (χ3v) is 24.5. The Labute approximate surface area is 658 Å². The number of nitrogens with one attached hydrogen (secondary N) is 4. The highest BCUT2D eigenvalue weighted by Gasteiger charge is 2.44. The van der Waals surface area contributed by atoms with Crippen LogP contribution in [0.3, 0.4) is 0 Å². The van der Waals surface area contributed by atoms with Crippen molar-refractivity contribution < 1.29 is 66.8 Å². The number of hydrogen-bond donors (Lipinski definition) is 4. The minimum Gasteiger partial charge on any atom is -0.455 e. The Morgan fingerprint density at radius 2 is 0.982 bits per heavy atom. The number of allylic oxidation sites excluding steroid dienone is 1. The molecule has 4 heterocycles. The summed E-state index contributed by atoms with van der Waals surface area (Å²) in [6, 6.07) is 59.1. The smallest absolute Gasteiger partial charge is 0.255 e. The van der Waals surface area contributed by atoms with E-state index in [1.807, 2.05) is 6.07 Å². The monoisotopic (exact) mass is 1670 g/mol. The van der Waals surface area contributed by atoms with E-state index < -0.39 is 83.1 Å². The summed E-state index contributed by atoms with van der Waals surface area (Å²) in [5, 5.41) is 20.8. The number of fused-ring (bicyclic) bond motifs is 4. The zero-order valence-corrected chi connectivity index (χ0v) is 65.5. The summed E-state index contributed by atoms with van der Waals surface area (Å²) in [5.74, 6) is -3.85. The van der Waals surface area contributed by atoms with Crippen molar-refractivity contribution in [1.29, 1.82) is 0 Å². The molecule has 1 aliphatic rings. The number of carbonyl (C=O) groups is 4. The van der Waals surface area contributed by atoms with E-state index in [1.54, 1.807) is 24.3 Å². The molecule has 0 atom stereocenters. The van der Waals surface area contributed by atoms with E-state index in [4.69, 9.17) is 82.9 Å². The Kier molecular flexibility index (Phi) is 24.8. The van der Waals surface area contributed by atoms with Gasteiger partial charge in [0.15, 0.2) is 5.78 Å². The van der Waals surface area contributed by atoms with Crippen LogP contribution >= 0.6 is 77.5 Å². The molecule has 9 aromatic carbocycles. The molecule has 32 heteroatoms. The number of amides is 3. The second-order valence-electron chi connectivity index (χ2n) is 24.4. The molecule has 19 nitrogen and oxygen atoms in total. The van der Waals surface area contributed by atoms with Crippen molar-refractivity contribution in [3.63, 3.8) is 0 Å². The van der Waals surface area contributed by atoms with Crippen LogP contribution in [0.2, 0.25) is 0 Å². The number of anilines is 2. The molecule has 4 aromatic heterocycles. The first-order valence-corrected chi connectivity index (χ1v) is 40.0. The third kappa shape index (κ3) is 18.2. The van der Waals surface area contributed by atoms with Crippen molar-refractivity contribution in [2.75, 3.05) is 55.9 Å². The van der Waals surface area contributed by atoms with Crippen molar-refractivity contribution in [2.24, 2.45) is 0 Å². The van der Waals surface area contributed by atoms with Crippen molar-refractivity contribution in [2.45, 2.75) is 14.0 Å². The van der Waals surface area contributed by atoms with Gasteiger partial charge in [-0.05, 0) is 120 Å². The minimum atomic E-state index is -3.87. The average Bonchev–Trinajstić information content (AvgIpc) is 1.62. The topological polar surface area (TPSA) is 260 Å². The SMILES string of the molecule is CNC(=O)c1c(-c2ccc(F)cc2)oc2cc(N(C)S(C)(=O)=O)c(-c3nnc(C4=Cc5c(F)cccc5C4)o3)cc12.CNC(=O)c1c(-c2ccc(F)cc2)oc2cc(N(C)S(C)(=O)=O)c(C(=O)NCC(=O)c3cc4c(F)cccc4[nH]3)cc12.ClC(Cl)(Cl)C(Cl)(Cl)Cl.c1ccc(P(c2ccccc2)c2ccccc2)cc1. The van der Waals surface area contributed by atoms with E-state index in [0.717, 1.165) is 26.7 Å². The molecule has 110 heavy (non-hydrogen) atoms. The minimum absolute atomic E-state index is 0.0166. The van der Waals surface area contributed by atoms with Gasteiger partial charge in [-0.2, -0.15) is 0 Å². The van der Waals surface area contributed by atoms with E-state index in [1.165, 1.54) is 135 Å². The van der Waals surface area contributed by atoms with Gasteiger partial charge in [0.2, 0.25) is 39.4 Å². The summed E-state index contributed by atoms with van der Waals surface area (Å²) in [6.07, 6.45) is 4.01. The molecule has 0 bridgehead atoms. The highest BCUT2D eigenvalue weighted by molar-refractivity contribution is 7.92. The molecular formula is C78H61Cl6F4N8O11PS2. The van der Waals surface area contributed by atoms with Gasteiger partial charge in [0.1, 0.15) is 46.0 Å². The van der Waals surface area contributed by atoms with Crippen molar-refractivity contribution in [3.8, 4) is 34.1 Å². The molecule has 0 aliphatic heterocycles. The molecule has 0 unspecified atom stereocenters. The number of H-pyrrole nitrogens is 1. The average molecular weight is 1670 g/mol. The maximum atomic E-state index is 14.3. The molecule has 566 valence electrons. The molecule has 14 rings (SSSR count). The quantitative estimate of drug-likeness (QED) is 0.0286. The fourth-order valence-electron chi connectivity index (χ4n) is 11.5. The summed E-state index contributed by atoms with van der Waals surface area (Å²) >= 11 is 30.9. The van der Waals surface area contributed by atoms with Crippen LogP contribution in [0.4, 0.5) is 28.9 Å². The van der Waals surface area contributed by atoms with Crippen LogP contribution in [-0.4, -0.2) is 110 Å². The molecule has 0 spiro atoms. The van der Waals surface area contributed by atoms with Gasteiger partial charge in [-0.3, -0.25) is 27.8 Å². The molecule has 3 amide bonds. The summed E-state index contributed by atoms with van der Waals surface area (Å²) in [7, 11) is -2.62. The fraction of sp³-hybridized carbons (Fsp3) is 0.128. The molecule has 0 fully saturated rings. The number of aromatic nitrogens is 3. The molecule has 4 N–H and O–H groups in total. The normalized spacial score (nSPS) is 12.1. The molecule has 13 aromatic rings. The van der Waals surface area contributed by atoms with E-state index in [2.05, 4.69) is 122 Å². The van der Waals surface area contributed by atoms with Gasteiger partial charge in [0, 0.05) is 90.7 Å². The Morgan fingerprint density at radius 3 is 1.45 bits per heavy atom. The number of furan rings is 2. The maximum Gasteiger partial charge on any atom is 0.255 e. The number of sulfonamides is 2. The van der Waals surface area contributed by atoms with Gasteiger partial charge in [0.05, 0.1) is 58.4 Å². The summed E-state index contributed by atoms with van der Waals surface area (Å²) in [4.78, 5) is 55.1. The summed E-state index contributed by atoms with van der Waals surface area (Å²) < 4.78 is 122. The Bertz CT molecular complexity index is 5810. The number of carbonyl (C=O) groups excluding carboxylic acids is 4. The lowest BCUT2D eigenvalue weighted by molar-refractivity contribution is 0.0903. The molecular weight excluding hydrogens is 1610 g/mol. The molecule has 0 saturated heterocycles. The number of Topliss-reactive ketones (excluding diaryl/α,β-unsaturated/α-hetero) is 1. The second-order valence-corrected chi connectivity index (χ2v) is 35.2. The Balaban J connectivity index is 0.000000164. The van der Waals surface area contributed by atoms with Crippen LogP contribution in [-0.2, 0) is 26.5 Å². The van der Waals surface area contributed by atoms with Crippen LogP contribution < -0.4 is 40.5 Å². The third-order valence-electron chi connectivity index (χ3n) is 17.1. The lowest BCUT2D eigenvalue weighted by Crippen LogP contribution is -2.32. The van der Waals surface area contributed by atoms with Gasteiger partial charge in [-0.15, -0.1) is 10.2 Å². The maximum absolute atomic E-state index is 14.3. The van der Waals surface area contributed by atoms with Crippen LogP contribution in [0.1, 0.15) is 58.6 Å². The van der Waals surface area contributed by atoms with Gasteiger partial charge in [-0.1, -0.05) is 179 Å². The van der Waals surface area contributed by atoms with Crippen LogP contribution in [0.5, 0.6) is 0 Å². The first-order chi connectivity index (χ1) is 52.1. The van der Waals surface area contributed by atoms with Crippen LogP contribution in [0, 0.1) is 23.3 Å². The van der Waals surface area contributed by atoms with E-state index in [0.29, 0.717) is 39.6 Å². The van der Waals surface area contributed by atoms with Crippen molar-refractivity contribution >= 4 is 193 Å². The summed E-state index contributed by atoms with van der Waals surface area (Å²) in [6.45, 7) is -0.498. The first-order valence-electron chi connectivity index (χ1n) is 32.7. The number of aromatic amines is 1. The number of halogens is 10. The standard InChI is InChI=1S/C29H24F2N4O6S.C29H22F2N4O5S.C18H15P.C2Cl6/c1-32-29(38)26-19-11-18(28(37)33-14-24(36)22-12-17-20(31)5-4-6-21(17)34-22)23(35(2)42(3,39)40)13-25(19)41-27(26)15-7-9-16(30)10-8-15;1-32-27(36)25-21-13-20(29-34-33-28(40-29)17-11-16-5-4-6-22(31)19(16)12-17)23(35(2)41(3,37)38)14-24(21)39-26(25)15-7-9-18(30)10-8-15;1-4-10-16(11-5-1)19(17-12-6-2-7-13-17)18-14-8-3-9-15-18;3-1(4,5)2(6,7)8/h4-13,34H,14H2,1-3H3,(H,32,38)(H,33,37);4-10,12-14H,11H2,1-3H3,(H,32,36);1-15H;. The van der Waals surface area contributed by atoms with Gasteiger partial charge in [0.25, 0.3) is 17.7 Å². The van der Waals surface area contributed by atoms with Crippen LogP contribution in [0.25, 0.3) is 78.6 Å². The summed E-state index contributed by atoms with van der Waals surface area (Å²) in [5.41, 5.74) is 3.77. The predicted octanol–water partition coefficient (Wildman–Crippen LogP) is 16.7. The van der Waals surface area contributed by atoms with Crippen molar-refractivity contribution in [3.05, 3.63) is 269 Å². The Morgan fingerprint density at radius 1 is 0.527 bits per heavy atom. The van der Waals surface area contributed by atoms with E-state index in [-0.39, 0.29) is 90.4 Å². The molecule has 0 saturated carbocycles. The highest BCUT2D eigenvalue weighted by atomic mass is 35.6. The zero-order chi connectivity index (χ0) is 79.3. The van der Waals surface area contributed by atoms with Crippen molar-refractivity contribution in [1.82, 2.24) is 31.1 Å². The number of ketones is 1. The molecule has 1 aliphatic carbocycles. The predicted molar refractivity (Wildman–Crippen MR) is 428 cm³/mol. The van der Waals surface area contributed by atoms with Crippen LogP contribution in [0.15, 0.2) is 220 Å². The lowest BCUT2D eigenvalue weighted by atomic mass is 10.0. The second kappa shape index (κ2) is 33.7. The fourth-order valence-corrected chi connectivity index (χ4v) is 14.9. The Hall–Kier alpha value is -10.1. The van der Waals surface area contributed by atoms with Gasteiger partial charge >= 0.3 is 0 Å². The zero-order valence-electron chi connectivity index (χ0n) is 58.4. The van der Waals surface area contributed by atoms with Gasteiger partial charge in [-0.25, -0.2) is 34.4 Å². The van der Waals surface area contributed by atoms with E-state index in [9.17, 15) is 53.6 Å². The number of rotatable bonds is 17. The lowest BCUT2D eigenvalue weighted by Gasteiger charge is -2.20. The number of nitrogens with zero attached hydrogens (tertiary/aromatic N) is 4. The highest BCUT2D eigenvalue weighted by Crippen LogP contribution is 2.49. The van der Waals surface area contributed by atoms with E-state index >= 15 is 0 Å². The number of alkyl halides is 6. The number of benzene rings is 9.